The van der Waals surface area contributed by atoms with E-state index in [1.165, 1.54) is 0 Å². The average molecular weight is 241 g/mol. The van der Waals surface area contributed by atoms with Gasteiger partial charge in [0.05, 0.1) is 19.8 Å². The summed E-state index contributed by atoms with van der Waals surface area (Å²) in [5, 5.41) is 3.20. The largest absolute Gasteiger partial charge is 0.397 e. The van der Waals surface area contributed by atoms with Crippen LogP contribution in [0.1, 0.15) is 20.8 Å². The van der Waals surface area contributed by atoms with E-state index in [0.717, 1.165) is 0 Å². The van der Waals surface area contributed by atoms with Crippen LogP contribution < -0.4 is 5.32 Å². The first-order valence-corrected chi connectivity index (χ1v) is 6.02. The van der Waals surface area contributed by atoms with E-state index in [4.69, 9.17) is 9.29 Å². The maximum Gasteiger partial charge on any atom is 0.397 e. The fourth-order valence-corrected chi connectivity index (χ4v) is 1.08. The molecule has 0 aliphatic heterocycles. The van der Waals surface area contributed by atoms with Crippen molar-refractivity contribution in [1.82, 2.24) is 5.32 Å². The topological polar surface area (TPSA) is 84.9 Å². The van der Waals surface area contributed by atoms with E-state index < -0.39 is 10.4 Å². The summed E-state index contributed by atoms with van der Waals surface area (Å²) in [7, 11) is -4.34. The van der Waals surface area contributed by atoms with E-state index in [1.807, 2.05) is 20.8 Å². The van der Waals surface area contributed by atoms with Crippen LogP contribution in [0, 0.1) is 0 Å². The van der Waals surface area contributed by atoms with Crippen molar-refractivity contribution in [2.75, 3.05) is 26.4 Å². The third-order valence-corrected chi connectivity index (χ3v) is 1.83. The lowest BCUT2D eigenvalue weighted by Gasteiger charge is -2.20. The van der Waals surface area contributed by atoms with Crippen molar-refractivity contribution in [1.29, 1.82) is 0 Å². The van der Waals surface area contributed by atoms with Gasteiger partial charge < -0.3 is 10.1 Å². The van der Waals surface area contributed by atoms with Crippen molar-refractivity contribution in [3.63, 3.8) is 0 Å². The first-order valence-electron chi connectivity index (χ1n) is 4.65. The van der Waals surface area contributed by atoms with Crippen LogP contribution >= 0.6 is 0 Å². The van der Waals surface area contributed by atoms with Crippen LogP contribution in [0.2, 0.25) is 0 Å². The summed E-state index contributed by atoms with van der Waals surface area (Å²) in [5.74, 6) is 0. The number of rotatable bonds is 7. The zero-order chi connectivity index (χ0) is 11.9. The summed E-state index contributed by atoms with van der Waals surface area (Å²) >= 11 is 0. The fourth-order valence-electron chi connectivity index (χ4n) is 0.799. The molecule has 0 rings (SSSR count). The van der Waals surface area contributed by atoms with Crippen LogP contribution in [0.15, 0.2) is 0 Å². The first-order chi connectivity index (χ1) is 6.71. The smallest absolute Gasteiger partial charge is 0.378 e. The molecule has 0 aliphatic rings. The van der Waals surface area contributed by atoms with Crippen LogP contribution in [-0.4, -0.2) is 44.9 Å². The SMILES string of the molecule is CC(C)(C)NCCOCCOS(=O)(=O)O. The van der Waals surface area contributed by atoms with Crippen LogP contribution in [0.4, 0.5) is 0 Å². The Morgan fingerprint density at radius 1 is 1.20 bits per heavy atom. The second-order valence-corrected chi connectivity index (χ2v) is 5.13. The number of ether oxygens (including phenoxy) is 1. The van der Waals surface area contributed by atoms with Gasteiger partial charge in [-0.05, 0) is 20.8 Å². The fraction of sp³-hybridized carbons (Fsp3) is 1.00. The predicted molar refractivity (Wildman–Crippen MR) is 56.1 cm³/mol. The molecular weight excluding hydrogens is 222 g/mol. The summed E-state index contributed by atoms with van der Waals surface area (Å²) in [6, 6.07) is 0. The molecule has 0 aliphatic carbocycles. The van der Waals surface area contributed by atoms with E-state index >= 15 is 0 Å². The molecule has 0 atom stereocenters. The molecule has 0 amide bonds. The van der Waals surface area contributed by atoms with Gasteiger partial charge >= 0.3 is 10.4 Å². The third-order valence-electron chi connectivity index (χ3n) is 1.36. The standard InChI is InChI=1S/C8H19NO5S/c1-8(2,3)9-4-5-13-6-7-14-15(10,11)12/h9H,4-7H2,1-3H3,(H,10,11,12). The van der Waals surface area contributed by atoms with Crippen LogP contribution in [-0.2, 0) is 19.3 Å². The van der Waals surface area contributed by atoms with E-state index in [-0.39, 0.29) is 18.8 Å². The molecule has 0 spiro atoms. The molecule has 2 N–H and O–H groups in total. The number of nitrogens with one attached hydrogen (secondary N) is 1. The summed E-state index contributed by atoms with van der Waals surface area (Å²) in [6.45, 7) is 7.21. The minimum Gasteiger partial charge on any atom is -0.378 e. The lowest BCUT2D eigenvalue weighted by molar-refractivity contribution is 0.0960. The Balaban J connectivity index is 3.27. The molecule has 0 bridgehead atoms. The molecule has 0 radical (unpaired) electrons. The van der Waals surface area contributed by atoms with Gasteiger partial charge in [-0.25, -0.2) is 4.18 Å². The zero-order valence-electron chi connectivity index (χ0n) is 9.32. The van der Waals surface area contributed by atoms with Crippen LogP contribution in [0.5, 0.6) is 0 Å². The second kappa shape index (κ2) is 6.39. The van der Waals surface area contributed by atoms with Crippen molar-refractivity contribution in [3.8, 4) is 0 Å². The summed E-state index contributed by atoms with van der Waals surface area (Å²) in [6.07, 6.45) is 0. The molecule has 15 heavy (non-hydrogen) atoms. The Bertz CT molecular complexity index is 257. The van der Waals surface area contributed by atoms with Crippen molar-refractivity contribution in [3.05, 3.63) is 0 Å². The Labute approximate surface area is 90.9 Å². The molecule has 0 unspecified atom stereocenters. The number of hydrogen-bond donors (Lipinski definition) is 2. The molecule has 0 aromatic heterocycles. The van der Waals surface area contributed by atoms with Crippen molar-refractivity contribution in [2.45, 2.75) is 26.3 Å². The van der Waals surface area contributed by atoms with Gasteiger partial charge in [-0.2, -0.15) is 8.42 Å². The molecule has 0 aromatic carbocycles. The van der Waals surface area contributed by atoms with Crippen molar-refractivity contribution >= 4 is 10.4 Å². The quantitative estimate of drug-likeness (QED) is 0.489. The highest BCUT2D eigenvalue weighted by Gasteiger charge is 2.07. The summed E-state index contributed by atoms with van der Waals surface area (Å²) in [4.78, 5) is 0. The van der Waals surface area contributed by atoms with Gasteiger partial charge in [0.2, 0.25) is 0 Å². The minimum absolute atomic E-state index is 0.0360. The molecule has 92 valence electrons. The molecule has 0 fully saturated rings. The Hall–Kier alpha value is -0.210. The van der Waals surface area contributed by atoms with Gasteiger partial charge in [-0.3, -0.25) is 4.55 Å². The zero-order valence-corrected chi connectivity index (χ0v) is 10.1. The first kappa shape index (κ1) is 14.8. The van der Waals surface area contributed by atoms with Crippen molar-refractivity contribution in [2.24, 2.45) is 0 Å². The van der Waals surface area contributed by atoms with Crippen LogP contribution in [0.25, 0.3) is 0 Å². The maximum atomic E-state index is 10.1. The van der Waals surface area contributed by atoms with Gasteiger partial charge in [-0.15, -0.1) is 0 Å². The van der Waals surface area contributed by atoms with Crippen molar-refractivity contribution < 1.29 is 21.9 Å². The molecule has 7 heteroatoms. The van der Waals surface area contributed by atoms with Crippen LogP contribution in [0.3, 0.4) is 0 Å². The Morgan fingerprint density at radius 3 is 2.27 bits per heavy atom. The second-order valence-electron chi connectivity index (χ2n) is 4.04. The Morgan fingerprint density at radius 2 is 1.80 bits per heavy atom. The minimum atomic E-state index is -4.34. The molecular formula is C8H19NO5S. The summed E-state index contributed by atoms with van der Waals surface area (Å²) < 4.78 is 37.6. The predicted octanol–water partition coefficient (Wildman–Crippen LogP) is 0.211. The van der Waals surface area contributed by atoms with E-state index in [0.29, 0.717) is 13.2 Å². The van der Waals surface area contributed by atoms with E-state index in [2.05, 4.69) is 9.50 Å². The Kier molecular flexibility index (Phi) is 6.30. The number of hydrogen-bond acceptors (Lipinski definition) is 5. The lowest BCUT2D eigenvalue weighted by Crippen LogP contribution is -2.38. The molecule has 0 saturated carbocycles. The lowest BCUT2D eigenvalue weighted by atomic mass is 10.1. The van der Waals surface area contributed by atoms with Gasteiger partial charge in [0, 0.05) is 12.1 Å². The van der Waals surface area contributed by atoms with E-state index in [9.17, 15) is 8.42 Å². The summed E-state index contributed by atoms with van der Waals surface area (Å²) in [5.41, 5.74) is 0.0360. The van der Waals surface area contributed by atoms with Gasteiger partial charge in [0.15, 0.2) is 0 Å². The highest BCUT2D eigenvalue weighted by atomic mass is 32.3. The highest BCUT2D eigenvalue weighted by molar-refractivity contribution is 7.80. The van der Waals surface area contributed by atoms with Gasteiger partial charge in [0.25, 0.3) is 0 Å². The molecule has 6 nitrogen and oxygen atoms in total. The van der Waals surface area contributed by atoms with E-state index in [1.54, 1.807) is 0 Å². The molecule has 0 heterocycles. The average Bonchev–Trinajstić information content (AvgIpc) is 1.98. The molecule has 0 saturated heterocycles. The monoisotopic (exact) mass is 241 g/mol. The van der Waals surface area contributed by atoms with Gasteiger partial charge in [-0.1, -0.05) is 0 Å². The molecule has 0 aromatic rings. The normalized spacial score (nSPS) is 13.1. The third kappa shape index (κ3) is 13.8. The maximum absolute atomic E-state index is 10.1. The highest BCUT2D eigenvalue weighted by Crippen LogP contribution is 1.96. The van der Waals surface area contributed by atoms with Gasteiger partial charge in [0.1, 0.15) is 0 Å².